The number of hydrogen-bond acceptors (Lipinski definition) is 5. The molecule has 1 aliphatic heterocycles. The van der Waals surface area contributed by atoms with E-state index in [2.05, 4.69) is 15.3 Å². The lowest BCUT2D eigenvalue weighted by Crippen LogP contribution is -2.42. The van der Waals surface area contributed by atoms with Gasteiger partial charge in [0, 0.05) is 42.1 Å². The van der Waals surface area contributed by atoms with E-state index in [1.807, 2.05) is 35.2 Å². The van der Waals surface area contributed by atoms with Gasteiger partial charge < -0.3 is 16.0 Å². The molecule has 158 valence electrons. The van der Waals surface area contributed by atoms with Crippen LogP contribution in [0.5, 0.6) is 0 Å². The van der Waals surface area contributed by atoms with Gasteiger partial charge in [-0.25, -0.2) is 0 Å². The fourth-order valence-electron chi connectivity index (χ4n) is 3.95. The second kappa shape index (κ2) is 9.49. The Bertz CT molecular complexity index is 1020. The molecule has 3 aromatic rings. The summed E-state index contributed by atoms with van der Waals surface area (Å²) in [6, 6.07) is 15.9. The number of pyridine rings is 2. The lowest BCUT2D eigenvalue weighted by atomic mass is 9.97. The molecule has 1 aliphatic rings. The molecule has 3 heterocycles. The van der Waals surface area contributed by atoms with E-state index in [-0.39, 0.29) is 30.3 Å². The van der Waals surface area contributed by atoms with Gasteiger partial charge in [-0.3, -0.25) is 19.6 Å². The Hall–Kier alpha value is -3.58. The van der Waals surface area contributed by atoms with Crippen LogP contribution in [0, 0.1) is 0 Å². The van der Waals surface area contributed by atoms with Crippen molar-refractivity contribution in [1.82, 2.24) is 14.9 Å². The quantitative estimate of drug-likeness (QED) is 0.645. The topological polar surface area (TPSA) is 101 Å². The third kappa shape index (κ3) is 4.95. The van der Waals surface area contributed by atoms with Crippen molar-refractivity contribution in [2.75, 3.05) is 11.9 Å². The summed E-state index contributed by atoms with van der Waals surface area (Å²) in [4.78, 5) is 35.4. The van der Waals surface area contributed by atoms with E-state index in [4.69, 9.17) is 5.73 Å². The van der Waals surface area contributed by atoms with Crippen LogP contribution in [0.15, 0.2) is 73.2 Å². The van der Waals surface area contributed by atoms with Crippen LogP contribution in [-0.2, 0) is 11.2 Å². The highest BCUT2D eigenvalue weighted by molar-refractivity contribution is 6.04. The summed E-state index contributed by atoms with van der Waals surface area (Å²) < 4.78 is 0. The van der Waals surface area contributed by atoms with Crippen molar-refractivity contribution in [3.05, 3.63) is 90.0 Å². The van der Waals surface area contributed by atoms with Gasteiger partial charge in [-0.05, 0) is 54.8 Å². The number of anilines is 1. The monoisotopic (exact) mass is 415 g/mol. The molecule has 0 spiro atoms. The number of hydrogen-bond donors (Lipinski definition) is 2. The van der Waals surface area contributed by atoms with Crippen LogP contribution in [-0.4, -0.2) is 39.3 Å². The number of carbonyl (C=O) groups is 2. The van der Waals surface area contributed by atoms with Crippen LogP contribution in [0.3, 0.4) is 0 Å². The highest BCUT2D eigenvalue weighted by Gasteiger charge is 2.33. The predicted octanol–water partition coefficient (Wildman–Crippen LogP) is 2.96. The number of aromatic nitrogens is 2. The van der Waals surface area contributed by atoms with Crippen molar-refractivity contribution in [3.8, 4) is 0 Å². The Balaban J connectivity index is 1.41. The van der Waals surface area contributed by atoms with E-state index in [1.165, 1.54) is 0 Å². The fraction of sp³-hybridized carbons (Fsp3) is 0.250. The second-order valence-corrected chi connectivity index (χ2v) is 7.63. The van der Waals surface area contributed by atoms with E-state index in [1.54, 1.807) is 42.9 Å². The molecule has 3 N–H and O–H groups in total. The SMILES string of the molecule is NC(c1ccc(C(=O)Nc2ccncc2)cc1)C1CCCN1C(=O)Cc1ccccn1. The number of likely N-dealkylation sites (tertiary alicyclic amines) is 1. The van der Waals surface area contributed by atoms with Crippen LogP contribution in [0.1, 0.15) is 40.5 Å². The van der Waals surface area contributed by atoms with Crippen LogP contribution >= 0.6 is 0 Å². The van der Waals surface area contributed by atoms with Gasteiger partial charge in [-0.1, -0.05) is 18.2 Å². The molecule has 2 amide bonds. The molecule has 4 rings (SSSR count). The first-order valence-electron chi connectivity index (χ1n) is 10.4. The first-order chi connectivity index (χ1) is 15.1. The van der Waals surface area contributed by atoms with Gasteiger partial charge in [0.05, 0.1) is 18.5 Å². The Morgan fingerprint density at radius 1 is 1.06 bits per heavy atom. The molecule has 7 nitrogen and oxygen atoms in total. The average molecular weight is 415 g/mol. The third-order valence-electron chi connectivity index (χ3n) is 5.59. The number of benzene rings is 1. The summed E-state index contributed by atoms with van der Waals surface area (Å²) >= 11 is 0. The molecule has 1 saturated heterocycles. The van der Waals surface area contributed by atoms with Gasteiger partial charge in [0.15, 0.2) is 0 Å². The smallest absolute Gasteiger partial charge is 0.255 e. The molecule has 1 fully saturated rings. The van der Waals surface area contributed by atoms with E-state index >= 15 is 0 Å². The minimum absolute atomic E-state index is 0.0463. The molecular formula is C24H25N5O2. The Kier molecular flexibility index (Phi) is 6.33. The van der Waals surface area contributed by atoms with Crippen LogP contribution in [0.2, 0.25) is 0 Å². The Morgan fingerprint density at radius 3 is 2.55 bits per heavy atom. The largest absolute Gasteiger partial charge is 0.337 e. The minimum Gasteiger partial charge on any atom is -0.337 e. The van der Waals surface area contributed by atoms with Crippen molar-refractivity contribution < 1.29 is 9.59 Å². The van der Waals surface area contributed by atoms with Crippen LogP contribution < -0.4 is 11.1 Å². The molecule has 0 aliphatic carbocycles. The van der Waals surface area contributed by atoms with Crippen molar-refractivity contribution in [3.63, 3.8) is 0 Å². The molecule has 7 heteroatoms. The number of nitrogens with one attached hydrogen (secondary N) is 1. The number of nitrogens with zero attached hydrogens (tertiary/aromatic N) is 3. The number of amides is 2. The number of rotatable bonds is 6. The summed E-state index contributed by atoms with van der Waals surface area (Å²) in [5, 5.41) is 2.84. The van der Waals surface area contributed by atoms with Gasteiger partial charge in [0.1, 0.15) is 0 Å². The van der Waals surface area contributed by atoms with E-state index in [9.17, 15) is 9.59 Å². The average Bonchev–Trinajstić information content (AvgIpc) is 3.30. The zero-order chi connectivity index (χ0) is 21.6. The normalized spacial score (nSPS) is 16.7. The molecule has 2 atom stereocenters. The summed E-state index contributed by atoms with van der Waals surface area (Å²) in [6.45, 7) is 0.705. The lowest BCUT2D eigenvalue weighted by molar-refractivity contribution is -0.131. The maximum absolute atomic E-state index is 12.9. The molecule has 0 bridgehead atoms. The molecule has 2 unspecified atom stereocenters. The fourth-order valence-corrected chi connectivity index (χ4v) is 3.95. The van der Waals surface area contributed by atoms with Gasteiger partial charge in [-0.2, -0.15) is 0 Å². The maximum Gasteiger partial charge on any atom is 0.255 e. The number of nitrogens with two attached hydrogens (primary N) is 1. The van der Waals surface area contributed by atoms with Crippen LogP contribution in [0.4, 0.5) is 5.69 Å². The Labute approximate surface area is 181 Å². The Morgan fingerprint density at radius 2 is 1.84 bits per heavy atom. The summed E-state index contributed by atoms with van der Waals surface area (Å²) in [7, 11) is 0. The van der Waals surface area contributed by atoms with Crippen LogP contribution in [0.25, 0.3) is 0 Å². The molecule has 0 radical (unpaired) electrons. The van der Waals surface area contributed by atoms with Crippen molar-refractivity contribution in [1.29, 1.82) is 0 Å². The first kappa shape index (κ1) is 20.7. The zero-order valence-corrected chi connectivity index (χ0v) is 17.1. The first-order valence-corrected chi connectivity index (χ1v) is 10.4. The standard InChI is InChI=1S/C24H25N5O2/c25-23(21-5-3-15-29(21)22(30)16-20-4-1-2-12-27-20)17-6-8-18(9-7-17)24(31)28-19-10-13-26-14-11-19/h1-2,4,6-14,21,23H,3,5,15-16,25H2,(H,26,28,31). The molecule has 31 heavy (non-hydrogen) atoms. The van der Waals surface area contributed by atoms with E-state index in [0.717, 1.165) is 24.1 Å². The van der Waals surface area contributed by atoms with Crippen molar-refractivity contribution >= 4 is 17.5 Å². The van der Waals surface area contributed by atoms with Gasteiger partial charge in [0.25, 0.3) is 5.91 Å². The predicted molar refractivity (Wildman–Crippen MR) is 118 cm³/mol. The summed E-state index contributed by atoms with van der Waals surface area (Å²) in [5.41, 5.74) is 9.45. The van der Waals surface area contributed by atoms with E-state index < -0.39 is 0 Å². The highest BCUT2D eigenvalue weighted by Crippen LogP contribution is 2.28. The summed E-state index contributed by atoms with van der Waals surface area (Å²) in [6.07, 6.45) is 7.01. The van der Waals surface area contributed by atoms with Gasteiger partial charge >= 0.3 is 0 Å². The highest BCUT2D eigenvalue weighted by atomic mass is 16.2. The van der Waals surface area contributed by atoms with E-state index in [0.29, 0.717) is 17.8 Å². The molecular weight excluding hydrogens is 390 g/mol. The summed E-state index contributed by atoms with van der Waals surface area (Å²) in [5.74, 6) is -0.149. The second-order valence-electron chi connectivity index (χ2n) is 7.63. The number of carbonyl (C=O) groups excluding carboxylic acids is 2. The maximum atomic E-state index is 12.9. The zero-order valence-electron chi connectivity index (χ0n) is 17.1. The van der Waals surface area contributed by atoms with Crippen molar-refractivity contribution in [2.45, 2.75) is 31.3 Å². The van der Waals surface area contributed by atoms with Gasteiger partial charge in [0.2, 0.25) is 5.91 Å². The third-order valence-corrected chi connectivity index (χ3v) is 5.59. The molecule has 2 aromatic heterocycles. The van der Waals surface area contributed by atoms with Crippen molar-refractivity contribution in [2.24, 2.45) is 5.73 Å². The lowest BCUT2D eigenvalue weighted by Gasteiger charge is -2.30. The van der Waals surface area contributed by atoms with Gasteiger partial charge in [-0.15, -0.1) is 0 Å². The molecule has 0 saturated carbocycles. The molecule has 1 aromatic carbocycles. The minimum atomic E-state index is -0.313.